The van der Waals surface area contributed by atoms with E-state index in [1.165, 1.54) is 17.3 Å². The molecular formula is C24H23Cl2N7O. The van der Waals surface area contributed by atoms with Gasteiger partial charge in [-0.3, -0.25) is 15.3 Å². The van der Waals surface area contributed by atoms with E-state index < -0.39 is 5.69 Å². The van der Waals surface area contributed by atoms with E-state index in [1.54, 1.807) is 18.2 Å². The number of H-pyrrole nitrogens is 1. The number of anilines is 2. The maximum Gasteiger partial charge on any atom is 0.333 e. The molecule has 8 nitrogen and oxygen atoms in total. The quantitative estimate of drug-likeness (QED) is 0.391. The minimum atomic E-state index is -0.573. The molecule has 2 aromatic heterocycles. The van der Waals surface area contributed by atoms with Gasteiger partial charge in [0.1, 0.15) is 5.49 Å². The Labute approximate surface area is 205 Å². The van der Waals surface area contributed by atoms with E-state index in [0.29, 0.717) is 11.3 Å². The zero-order chi connectivity index (χ0) is 24.2. The minimum absolute atomic E-state index is 0.0888. The van der Waals surface area contributed by atoms with Crippen LogP contribution in [0.3, 0.4) is 0 Å². The van der Waals surface area contributed by atoms with Crippen molar-refractivity contribution < 1.29 is 0 Å². The number of para-hydroxylation sites is 1. The van der Waals surface area contributed by atoms with E-state index in [4.69, 9.17) is 28.6 Å². The van der Waals surface area contributed by atoms with Crippen LogP contribution in [-0.4, -0.2) is 38.0 Å². The number of benzene rings is 2. The summed E-state index contributed by atoms with van der Waals surface area (Å²) in [6.45, 7) is 5.44. The molecule has 0 unspecified atom stereocenters. The highest BCUT2D eigenvalue weighted by Crippen LogP contribution is 2.35. The molecule has 2 aromatic carbocycles. The number of hydrogen-bond donors (Lipinski definition) is 3. The smallest absolute Gasteiger partial charge is 0.324 e. The Morgan fingerprint density at radius 1 is 1.18 bits per heavy atom. The maximum absolute atomic E-state index is 12.9. The van der Waals surface area contributed by atoms with Gasteiger partial charge in [0.25, 0.3) is 0 Å². The molecule has 34 heavy (non-hydrogen) atoms. The summed E-state index contributed by atoms with van der Waals surface area (Å²) in [5.74, 6) is 0.318. The number of likely N-dealkylation sites (N-methyl/N-ethyl adjacent to an activating group) is 1. The van der Waals surface area contributed by atoms with Gasteiger partial charge in [-0.15, -0.1) is 0 Å². The van der Waals surface area contributed by atoms with Gasteiger partial charge < -0.3 is 5.32 Å². The molecule has 4 aromatic rings. The molecule has 10 heteroatoms. The number of aromatic amines is 1. The second kappa shape index (κ2) is 8.23. The van der Waals surface area contributed by atoms with Crippen LogP contribution < -0.4 is 16.5 Å². The van der Waals surface area contributed by atoms with Crippen LogP contribution in [0.25, 0.3) is 16.7 Å². The van der Waals surface area contributed by atoms with Crippen molar-refractivity contribution in [2.75, 3.05) is 18.9 Å². The number of fused-ring (bicyclic) bond motifs is 2. The Hall–Kier alpha value is -3.20. The van der Waals surface area contributed by atoms with E-state index in [9.17, 15) is 4.79 Å². The van der Waals surface area contributed by atoms with E-state index >= 15 is 0 Å². The number of halogens is 2. The molecule has 1 aliphatic rings. The van der Waals surface area contributed by atoms with Gasteiger partial charge in [-0.2, -0.15) is 4.98 Å². The summed E-state index contributed by atoms with van der Waals surface area (Å²) in [4.78, 5) is 26.8. The topological polar surface area (TPSA) is 103 Å². The van der Waals surface area contributed by atoms with E-state index in [1.807, 2.05) is 6.07 Å². The highest BCUT2D eigenvalue weighted by molar-refractivity contribution is 6.37. The third kappa shape index (κ3) is 3.68. The second-order valence-electron chi connectivity index (χ2n) is 8.87. The normalized spacial score (nSPS) is 15.3. The first-order valence-corrected chi connectivity index (χ1v) is 11.5. The van der Waals surface area contributed by atoms with Crippen LogP contribution in [-0.2, 0) is 12.0 Å². The summed E-state index contributed by atoms with van der Waals surface area (Å²) < 4.78 is 1.12. The number of rotatable bonds is 3. The Morgan fingerprint density at radius 2 is 1.91 bits per heavy atom. The first-order valence-electron chi connectivity index (χ1n) is 10.8. The molecule has 0 radical (unpaired) electrons. The van der Waals surface area contributed by atoms with Crippen molar-refractivity contribution in [2.45, 2.75) is 25.8 Å². The highest BCUT2D eigenvalue weighted by atomic mass is 35.5. The van der Waals surface area contributed by atoms with Crippen LogP contribution in [0.4, 0.5) is 11.6 Å². The monoisotopic (exact) mass is 495 g/mol. The Bertz CT molecular complexity index is 1540. The molecule has 0 spiro atoms. The zero-order valence-electron chi connectivity index (χ0n) is 18.9. The molecule has 1 aliphatic heterocycles. The molecule has 0 atom stereocenters. The number of nitrogens with one attached hydrogen (secondary N) is 3. The third-order valence-electron chi connectivity index (χ3n) is 6.55. The van der Waals surface area contributed by atoms with Gasteiger partial charge in [0, 0.05) is 24.0 Å². The predicted octanol–water partition coefficient (Wildman–Crippen LogP) is 4.36. The Balaban J connectivity index is 1.55. The van der Waals surface area contributed by atoms with Crippen LogP contribution in [0, 0.1) is 5.41 Å². The van der Waals surface area contributed by atoms with Gasteiger partial charge >= 0.3 is 5.69 Å². The predicted molar refractivity (Wildman–Crippen MR) is 134 cm³/mol. The standard InChI is InChI=1S/C24H23Cl2N7O/c1-24(2)16-11-14(8-7-13(16)9-10-32(24)3)29-22-28-12-15-20(27)33(23(34)31-21(15)30-22)19-17(25)5-4-6-18(19)26/h4-8,11-12,27H,9-10H2,1-3H3,(H2,28,29,30,31,34). The highest BCUT2D eigenvalue weighted by Gasteiger charge is 2.32. The number of nitrogens with zero attached hydrogens (tertiary/aromatic N) is 4. The third-order valence-corrected chi connectivity index (χ3v) is 7.16. The lowest BCUT2D eigenvalue weighted by molar-refractivity contribution is 0.143. The van der Waals surface area contributed by atoms with Gasteiger partial charge in [0.15, 0.2) is 5.65 Å². The lowest BCUT2D eigenvalue weighted by Crippen LogP contribution is -2.43. The summed E-state index contributed by atoms with van der Waals surface area (Å²) in [6.07, 6.45) is 2.51. The van der Waals surface area contributed by atoms with Crippen LogP contribution in [0.2, 0.25) is 10.0 Å². The molecular weight excluding hydrogens is 473 g/mol. The van der Waals surface area contributed by atoms with Gasteiger partial charge in [0.2, 0.25) is 5.95 Å². The van der Waals surface area contributed by atoms with Crippen molar-refractivity contribution in [3.8, 4) is 5.69 Å². The number of aromatic nitrogens is 4. The molecule has 0 saturated heterocycles. The average Bonchev–Trinajstić information content (AvgIpc) is 2.78. The minimum Gasteiger partial charge on any atom is -0.324 e. The summed E-state index contributed by atoms with van der Waals surface area (Å²) in [5, 5.41) is 12.7. The first kappa shape index (κ1) is 22.6. The number of hydrogen-bond acceptors (Lipinski definition) is 6. The van der Waals surface area contributed by atoms with Gasteiger partial charge in [0.05, 0.1) is 21.1 Å². The van der Waals surface area contributed by atoms with E-state index in [2.05, 4.69) is 58.2 Å². The average molecular weight is 496 g/mol. The zero-order valence-corrected chi connectivity index (χ0v) is 20.4. The fraction of sp³-hybridized carbons (Fsp3) is 0.250. The molecule has 174 valence electrons. The van der Waals surface area contributed by atoms with Crippen molar-refractivity contribution in [2.24, 2.45) is 0 Å². The molecule has 0 saturated carbocycles. The van der Waals surface area contributed by atoms with Crippen molar-refractivity contribution >= 4 is 45.9 Å². The van der Waals surface area contributed by atoms with Crippen LogP contribution in [0.1, 0.15) is 25.0 Å². The Kier molecular flexibility index (Phi) is 5.47. The molecule has 0 bridgehead atoms. The van der Waals surface area contributed by atoms with Crippen LogP contribution in [0.15, 0.2) is 47.4 Å². The van der Waals surface area contributed by atoms with Crippen LogP contribution in [0.5, 0.6) is 0 Å². The van der Waals surface area contributed by atoms with Crippen LogP contribution >= 0.6 is 23.2 Å². The molecule has 0 fully saturated rings. The largest absolute Gasteiger partial charge is 0.333 e. The van der Waals surface area contributed by atoms with Crippen molar-refractivity contribution in [1.82, 2.24) is 24.4 Å². The summed E-state index contributed by atoms with van der Waals surface area (Å²) in [7, 11) is 2.13. The van der Waals surface area contributed by atoms with Gasteiger partial charge in [-0.25, -0.2) is 14.3 Å². The maximum atomic E-state index is 12.9. The fourth-order valence-corrected chi connectivity index (χ4v) is 4.92. The van der Waals surface area contributed by atoms with Gasteiger partial charge in [-0.1, -0.05) is 35.3 Å². The second-order valence-corrected chi connectivity index (χ2v) is 9.68. The summed E-state index contributed by atoms with van der Waals surface area (Å²) >= 11 is 12.5. The van der Waals surface area contributed by atoms with Gasteiger partial charge in [-0.05, 0) is 62.7 Å². The van der Waals surface area contributed by atoms with Crippen molar-refractivity contribution in [3.63, 3.8) is 0 Å². The Morgan fingerprint density at radius 3 is 2.65 bits per heavy atom. The molecule has 3 N–H and O–H groups in total. The molecule has 0 amide bonds. The first-order chi connectivity index (χ1) is 16.2. The lowest BCUT2D eigenvalue weighted by atomic mass is 9.83. The molecule has 5 rings (SSSR count). The lowest BCUT2D eigenvalue weighted by Gasteiger charge is -2.41. The summed E-state index contributed by atoms with van der Waals surface area (Å²) in [5.41, 5.74) is 3.14. The van der Waals surface area contributed by atoms with E-state index in [0.717, 1.165) is 23.2 Å². The SMILES string of the molecule is CN1CCc2ccc(Nc3ncc4c(=N)n(-c5c(Cl)cccc5Cl)c(=O)[nH]c4n3)cc2C1(C)C. The van der Waals surface area contributed by atoms with Crippen molar-refractivity contribution in [1.29, 1.82) is 5.41 Å². The summed E-state index contributed by atoms with van der Waals surface area (Å²) in [6, 6.07) is 11.2. The molecule has 3 heterocycles. The molecule has 0 aliphatic carbocycles. The van der Waals surface area contributed by atoms with E-state index in [-0.39, 0.29) is 32.4 Å². The fourth-order valence-electron chi connectivity index (χ4n) is 4.35. The van der Waals surface area contributed by atoms with Crippen molar-refractivity contribution in [3.05, 3.63) is 79.7 Å².